The van der Waals surface area contributed by atoms with Crippen molar-refractivity contribution in [2.24, 2.45) is 23.7 Å². The van der Waals surface area contributed by atoms with Crippen LogP contribution in [0.25, 0.3) is 0 Å². The highest BCUT2D eigenvalue weighted by Gasteiger charge is 2.42. The number of rotatable bonds is 3. The van der Waals surface area contributed by atoms with Crippen molar-refractivity contribution < 1.29 is 0 Å². The smallest absolute Gasteiger partial charge is 0.0357 e. The van der Waals surface area contributed by atoms with Gasteiger partial charge < -0.3 is 0 Å². The minimum Gasteiger partial charge on any atom is -0.0654 e. The van der Waals surface area contributed by atoms with Crippen LogP contribution in [0.2, 0.25) is 0 Å². The SMILES string of the molecule is CCCCC1CC2CCCC2C1C. The van der Waals surface area contributed by atoms with Gasteiger partial charge in [0.1, 0.15) is 0 Å². The number of fused-ring (bicyclic) bond motifs is 1. The maximum atomic E-state index is 2.52. The lowest BCUT2D eigenvalue weighted by molar-refractivity contribution is 0.311. The molecule has 0 radical (unpaired) electrons. The molecule has 0 saturated heterocycles. The van der Waals surface area contributed by atoms with Crippen molar-refractivity contribution in [2.45, 2.75) is 58.8 Å². The van der Waals surface area contributed by atoms with E-state index in [9.17, 15) is 0 Å². The van der Waals surface area contributed by atoms with Crippen LogP contribution in [-0.4, -0.2) is 0 Å². The summed E-state index contributed by atoms with van der Waals surface area (Å²) in [5, 5.41) is 0. The summed E-state index contributed by atoms with van der Waals surface area (Å²) in [4.78, 5) is 0. The summed E-state index contributed by atoms with van der Waals surface area (Å²) in [6.07, 6.45) is 10.6. The average Bonchev–Trinajstić information content (AvgIpc) is 2.67. The van der Waals surface area contributed by atoms with Crippen LogP contribution in [0, 0.1) is 23.7 Å². The summed E-state index contributed by atoms with van der Waals surface area (Å²) in [6.45, 7) is 4.84. The van der Waals surface area contributed by atoms with Gasteiger partial charge in [0.05, 0.1) is 0 Å². The molecular weight excluding hydrogens is 156 g/mol. The summed E-state index contributed by atoms with van der Waals surface area (Å²) >= 11 is 0. The van der Waals surface area contributed by atoms with Crippen LogP contribution in [0.5, 0.6) is 0 Å². The molecule has 0 heteroatoms. The van der Waals surface area contributed by atoms with Gasteiger partial charge in [-0.25, -0.2) is 0 Å². The molecule has 0 aliphatic heterocycles. The molecule has 0 spiro atoms. The maximum Gasteiger partial charge on any atom is -0.0357 e. The van der Waals surface area contributed by atoms with E-state index in [1.54, 1.807) is 19.3 Å². The highest BCUT2D eigenvalue weighted by molar-refractivity contribution is 4.92. The minimum absolute atomic E-state index is 1.05. The molecule has 0 bridgehead atoms. The van der Waals surface area contributed by atoms with E-state index in [1.165, 1.54) is 25.7 Å². The Morgan fingerprint density at radius 2 is 2.08 bits per heavy atom. The predicted octanol–water partition coefficient (Wildman–Crippen LogP) is 4.25. The average molecular weight is 180 g/mol. The first-order chi connectivity index (χ1) is 6.33. The van der Waals surface area contributed by atoms with Crippen LogP contribution in [-0.2, 0) is 0 Å². The Hall–Kier alpha value is 0. The van der Waals surface area contributed by atoms with Crippen LogP contribution >= 0.6 is 0 Å². The first-order valence-electron chi connectivity index (χ1n) is 6.33. The van der Waals surface area contributed by atoms with Gasteiger partial charge in [0, 0.05) is 0 Å². The lowest BCUT2D eigenvalue weighted by Gasteiger charge is -2.19. The van der Waals surface area contributed by atoms with E-state index in [4.69, 9.17) is 0 Å². The summed E-state index contributed by atoms with van der Waals surface area (Å²) < 4.78 is 0. The second-order valence-corrected chi connectivity index (χ2v) is 5.35. The van der Waals surface area contributed by atoms with Crippen molar-refractivity contribution in [1.29, 1.82) is 0 Å². The minimum atomic E-state index is 1.05. The highest BCUT2D eigenvalue weighted by Crippen LogP contribution is 2.51. The lowest BCUT2D eigenvalue weighted by atomic mass is 9.87. The monoisotopic (exact) mass is 180 g/mol. The number of hydrogen-bond donors (Lipinski definition) is 0. The Morgan fingerprint density at radius 3 is 2.77 bits per heavy atom. The van der Waals surface area contributed by atoms with E-state index < -0.39 is 0 Å². The van der Waals surface area contributed by atoms with Crippen LogP contribution in [0.15, 0.2) is 0 Å². The van der Waals surface area contributed by atoms with Crippen LogP contribution in [0.3, 0.4) is 0 Å². The molecule has 0 nitrogen and oxygen atoms in total. The van der Waals surface area contributed by atoms with Crippen molar-refractivity contribution in [3.05, 3.63) is 0 Å². The summed E-state index contributed by atoms with van der Waals surface area (Å²) in [7, 11) is 0. The second-order valence-electron chi connectivity index (χ2n) is 5.35. The van der Waals surface area contributed by atoms with E-state index in [0.717, 1.165) is 23.7 Å². The maximum absolute atomic E-state index is 2.52. The molecule has 0 heterocycles. The van der Waals surface area contributed by atoms with E-state index in [0.29, 0.717) is 0 Å². The molecule has 0 N–H and O–H groups in total. The zero-order chi connectivity index (χ0) is 9.26. The molecule has 4 atom stereocenters. The highest BCUT2D eigenvalue weighted by atomic mass is 14.5. The molecular formula is C13H24. The molecule has 2 fully saturated rings. The zero-order valence-corrected chi connectivity index (χ0v) is 9.26. The van der Waals surface area contributed by atoms with Gasteiger partial charge in [-0.05, 0) is 36.5 Å². The summed E-state index contributed by atoms with van der Waals surface area (Å²) in [5.74, 6) is 4.41. The largest absolute Gasteiger partial charge is 0.0654 e. The summed E-state index contributed by atoms with van der Waals surface area (Å²) in [5.41, 5.74) is 0. The second kappa shape index (κ2) is 4.02. The van der Waals surface area contributed by atoms with Crippen molar-refractivity contribution >= 4 is 0 Å². The van der Waals surface area contributed by atoms with E-state index in [1.807, 2.05) is 0 Å². The molecule has 0 aromatic carbocycles. The molecule has 2 saturated carbocycles. The fraction of sp³-hybridized carbons (Fsp3) is 1.00. The van der Waals surface area contributed by atoms with Gasteiger partial charge in [0.25, 0.3) is 0 Å². The van der Waals surface area contributed by atoms with Crippen LogP contribution in [0.4, 0.5) is 0 Å². The van der Waals surface area contributed by atoms with E-state index in [-0.39, 0.29) is 0 Å². The first-order valence-corrected chi connectivity index (χ1v) is 6.33. The molecule has 4 unspecified atom stereocenters. The lowest BCUT2D eigenvalue weighted by Crippen LogP contribution is -2.10. The quantitative estimate of drug-likeness (QED) is 0.609. The fourth-order valence-corrected chi connectivity index (χ4v) is 3.85. The van der Waals surface area contributed by atoms with Gasteiger partial charge in [0.2, 0.25) is 0 Å². The Bertz CT molecular complexity index is 161. The van der Waals surface area contributed by atoms with Gasteiger partial charge in [-0.2, -0.15) is 0 Å². The third-order valence-electron chi connectivity index (χ3n) is 4.67. The van der Waals surface area contributed by atoms with Crippen molar-refractivity contribution in [2.75, 3.05) is 0 Å². The van der Waals surface area contributed by atoms with Crippen molar-refractivity contribution in [3.63, 3.8) is 0 Å². The number of unbranched alkanes of at least 4 members (excludes halogenated alkanes) is 1. The fourth-order valence-electron chi connectivity index (χ4n) is 3.85. The summed E-state index contributed by atoms with van der Waals surface area (Å²) in [6, 6.07) is 0. The number of hydrogen-bond acceptors (Lipinski definition) is 0. The van der Waals surface area contributed by atoms with Crippen molar-refractivity contribution in [3.8, 4) is 0 Å². The normalized spacial score (nSPS) is 43.8. The van der Waals surface area contributed by atoms with Gasteiger partial charge in [-0.3, -0.25) is 0 Å². The van der Waals surface area contributed by atoms with Gasteiger partial charge in [-0.1, -0.05) is 46.0 Å². The van der Waals surface area contributed by atoms with Gasteiger partial charge >= 0.3 is 0 Å². The third-order valence-corrected chi connectivity index (χ3v) is 4.67. The van der Waals surface area contributed by atoms with Crippen LogP contribution < -0.4 is 0 Å². The molecule has 13 heavy (non-hydrogen) atoms. The topological polar surface area (TPSA) is 0 Å². The Kier molecular flexibility index (Phi) is 2.96. The molecule has 2 aliphatic carbocycles. The van der Waals surface area contributed by atoms with E-state index >= 15 is 0 Å². The Balaban J connectivity index is 1.87. The predicted molar refractivity (Wildman–Crippen MR) is 57.6 cm³/mol. The molecule has 0 aromatic rings. The molecule has 76 valence electrons. The molecule has 0 aromatic heterocycles. The van der Waals surface area contributed by atoms with Crippen molar-refractivity contribution in [1.82, 2.24) is 0 Å². The van der Waals surface area contributed by atoms with Crippen LogP contribution in [0.1, 0.15) is 58.8 Å². The Labute approximate surface area is 83.1 Å². The first kappa shape index (κ1) is 9.55. The molecule has 2 aliphatic rings. The Morgan fingerprint density at radius 1 is 1.23 bits per heavy atom. The molecule has 0 amide bonds. The standard InChI is InChI=1S/C13H24/c1-3-4-6-11-9-12-7-5-8-13(12)10(11)2/h10-13H,3-9H2,1-2H3. The third kappa shape index (κ3) is 1.78. The van der Waals surface area contributed by atoms with E-state index in [2.05, 4.69) is 13.8 Å². The molecule has 2 rings (SSSR count). The van der Waals surface area contributed by atoms with Gasteiger partial charge in [-0.15, -0.1) is 0 Å². The zero-order valence-electron chi connectivity index (χ0n) is 9.26. The van der Waals surface area contributed by atoms with Gasteiger partial charge in [0.15, 0.2) is 0 Å².